The average Bonchev–Trinajstić information content (AvgIpc) is 3.22. The van der Waals surface area contributed by atoms with Gasteiger partial charge in [-0.25, -0.2) is 17.1 Å². The molecule has 2 aromatic heterocycles. The van der Waals surface area contributed by atoms with Crippen molar-refractivity contribution in [2.45, 2.75) is 24.3 Å². The second-order valence-corrected chi connectivity index (χ2v) is 8.34. The van der Waals surface area contributed by atoms with Crippen LogP contribution in [0.3, 0.4) is 0 Å². The number of carbonyl (C=O) groups is 1. The zero-order valence-corrected chi connectivity index (χ0v) is 16.9. The highest BCUT2D eigenvalue weighted by Gasteiger charge is 2.21. The van der Waals surface area contributed by atoms with Crippen molar-refractivity contribution in [2.24, 2.45) is 0 Å². The van der Waals surface area contributed by atoms with Gasteiger partial charge >= 0.3 is 5.97 Å². The zero-order valence-electron chi connectivity index (χ0n) is 16.1. The molecule has 0 spiro atoms. The summed E-state index contributed by atoms with van der Waals surface area (Å²) in [4.78, 5) is 20.0. The molecule has 0 amide bonds. The molecule has 9 nitrogen and oxygen atoms in total. The first-order chi connectivity index (χ1) is 14.4. The van der Waals surface area contributed by atoms with Gasteiger partial charge in [0, 0.05) is 38.0 Å². The van der Waals surface area contributed by atoms with E-state index >= 15 is 0 Å². The Morgan fingerprint density at radius 1 is 1.23 bits per heavy atom. The number of carbonyl (C=O) groups excluding carboxylic acids is 1. The van der Waals surface area contributed by atoms with Crippen LogP contribution in [0.1, 0.15) is 18.7 Å². The van der Waals surface area contributed by atoms with E-state index in [0.29, 0.717) is 11.4 Å². The third kappa shape index (κ3) is 5.45. The number of nitrogens with zero attached hydrogens (tertiary/aromatic N) is 4. The van der Waals surface area contributed by atoms with Crippen molar-refractivity contribution >= 4 is 16.0 Å². The monoisotopic (exact) mass is 434 g/mol. The van der Waals surface area contributed by atoms with Crippen LogP contribution in [0, 0.1) is 5.82 Å². The van der Waals surface area contributed by atoms with Gasteiger partial charge in [0.05, 0.1) is 4.90 Å². The Balaban J connectivity index is 1.44. The number of aromatic nitrogens is 3. The van der Waals surface area contributed by atoms with Gasteiger partial charge in [0.15, 0.2) is 6.61 Å². The highest BCUT2D eigenvalue weighted by Crippen LogP contribution is 2.16. The van der Waals surface area contributed by atoms with Crippen LogP contribution in [0.4, 0.5) is 4.39 Å². The maximum atomic E-state index is 13.0. The molecule has 0 aliphatic carbocycles. The molecule has 0 radical (unpaired) electrons. The Labute approximate surface area is 172 Å². The first-order valence-electron chi connectivity index (χ1n) is 8.97. The van der Waals surface area contributed by atoms with Crippen LogP contribution in [0.15, 0.2) is 58.2 Å². The molecule has 3 aromatic rings. The summed E-state index contributed by atoms with van der Waals surface area (Å²) in [5.41, 5.74) is 0.671. The maximum Gasteiger partial charge on any atom is 0.306 e. The average molecular weight is 434 g/mol. The number of halogens is 1. The molecule has 11 heteroatoms. The lowest BCUT2D eigenvalue weighted by Crippen LogP contribution is -2.28. The lowest BCUT2D eigenvalue weighted by Gasteiger charge is -2.16. The Morgan fingerprint density at radius 3 is 2.70 bits per heavy atom. The third-order valence-electron chi connectivity index (χ3n) is 4.12. The van der Waals surface area contributed by atoms with Crippen LogP contribution in [0.2, 0.25) is 0 Å². The number of benzene rings is 1. The molecule has 0 unspecified atom stereocenters. The van der Waals surface area contributed by atoms with Gasteiger partial charge in [0.2, 0.25) is 15.8 Å². The smallest absolute Gasteiger partial charge is 0.306 e. The van der Waals surface area contributed by atoms with Crippen LogP contribution in [-0.2, 0) is 26.2 Å². The standard InChI is InChI=1S/C19H19FN4O5S/c1-24(30(26,27)16-8-6-15(20)7-9-16)11-3-5-18(25)28-13-17-22-19(23-29-17)14-4-2-10-21-12-14/h2,4,6-10,12H,3,5,11,13H2,1H3. The summed E-state index contributed by atoms with van der Waals surface area (Å²) >= 11 is 0. The molecule has 0 saturated heterocycles. The molecule has 1 aromatic carbocycles. The van der Waals surface area contributed by atoms with E-state index < -0.39 is 21.8 Å². The fourth-order valence-corrected chi connectivity index (χ4v) is 3.70. The molecule has 0 aliphatic heterocycles. The Kier molecular flexibility index (Phi) is 6.85. The molecule has 0 aliphatic rings. The number of hydrogen-bond acceptors (Lipinski definition) is 8. The molecule has 0 bridgehead atoms. The maximum absolute atomic E-state index is 13.0. The number of rotatable bonds is 9. The molecular weight excluding hydrogens is 415 g/mol. The van der Waals surface area contributed by atoms with Crippen molar-refractivity contribution in [3.63, 3.8) is 0 Å². The van der Waals surface area contributed by atoms with Crippen molar-refractivity contribution in [1.29, 1.82) is 0 Å². The number of esters is 1. The molecule has 3 rings (SSSR count). The minimum atomic E-state index is -3.76. The highest BCUT2D eigenvalue weighted by atomic mass is 32.2. The van der Waals surface area contributed by atoms with Crippen LogP contribution < -0.4 is 0 Å². The van der Waals surface area contributed by atoms with Crippen LogP contribution in [0.5, 0.6) is 0 Å². The summed E-state index contributed by atoms with van der Waals surface area (Å²) in [5, 5.41) is 3.80. The third-order valence-corrected chi connectivity index (χ3v) is 5.99. The van der Waals surface area contributed by atoms with Gasteiger partial charge in [0.1, 0.15) is 5.82 Å². The summed E-state index contributed by atoms with van der Waals surface area (Å²) in [6.45, 7) is -0.0870. The van der Waals surface area contributed by atoms with Crippen molar-refractivity contribution in [2.75, 3.05) is 13.6 Å². The first-order valence-corrected chi connectivity index (χ1v) is 10.4. The van der Waals surface area contributed by atoms with Gasteiger partial charge in [-0.1, -0.05) is 5.16 Å². The molecule has 2 heterocycles. The van der Waals surface area contributed by atoms with E-state index in [0.717, 1.165) is 16.4 Å². The summed E-state index contributed by atoms with van der Waals surface area (Å²) < 4.78 is 49.0. The van der Waals surface area contributed by atoms with Crippen LogP contribution in [0.25, 0.3) is 11.4 Å². The molecule has 30 heavy (non-hydrogen) atoms. The summed E-state index contributed by atoms with van der Waals surface area (Å²) in [5.74, 6) is -0.572. The summed E-state index contributed by atoms with van der Waals surface area (Å²) in [6.07, 6.45) is 3.46. The van der Waals surface area contributed by atoms with E-state index in [9.17, 15) is 17.6 Å². The fraction of sp³-hybridized carbons (Fsp3) is 0.263. The molecule has 0 saturated carbocycles. The van der Waals surface area contributed by atoms with Gasteiger partial charge in [-0.05, 0) is 42.8 Å². The minimum Gasteiger partial charge on any atom is -0.456 e. The predicted octanol–water partition coefficient (Wildman–Crippen LogP) is 2.41. The van der Waals surface area contributed by atoms with Crippen molar-refractivity contribution in [3.05, 3.63) is 60.5 Å². The first kappa shape index (κ1) is 21.5. The van der Waals surface area contributed by atoms with E-state index in [1.807, 2.05) is 0 Å². The fourth-order valence-electron chi connectivity index (χ4n) is 2.49. The van der Waals surface area contributed by atoms with E-state index in [1.165, 1.54) is 19.2 Å². The summed E-state index contributed by atoms with van der Waals surface area (Å²) in [6, 6.07) is 8.05. The van der Waals surface area contributed by atoms with Crippen molar-refractivity contribution in [1.82, 2.24) is 19.4 Å². The molecule has 0 N–H and O–H groups in total. The van der Waals surface area contributed by atoms with Crippen molar-refractivity contribution < 1.29 is 26.9 Å². The number of hydrogen-bond donors (Lipinski definition) is 0. The second kappa shape index (κ2) is 9.55. The van der Waals surface area contributed by atoms with Gasteiger partial charge < -0.3 is 9.26 Å². The van der Waals surface area contributed by atoms with Gasteiger partial charge in [-0.15, -0.1) is 0 Å². The normalized spacial score (nSPS) is 11.6. The molecular formula is C19H19FN4O5S. The number of sulfonamides is 1. The Morgan fingerprint density at radius 2 is 2.00 bits per heavy atom. The second-order valence-electron chi connectivity index (χ2n) is 6.30. The number of pyridine rings is 1. The van der Waals surface area contributed by atoms with E-state index in [2.05, 4.69) is 15.1 Å². The van der Waals surface area contributed by atoms with E-state index in [-0.39, 0.29) is 36.8 Å². The van der Waals surface area contributed by atoms with Crippen LogP contribution in [-0.4, -0.2) is 47.4 Å². The largest absolute Gasteiger partial charge is 0.456 e. The predicted molar refractivity (Wildman–Crippen MR) is 103 cm³/mol. The van der Waals surface area contributed by atoms with E-state index in [1.54, 1.807) is 24.5 Å². The SMILES string of the molecule is CN(CCCC(=O)OCc1nc(-c2cccnc2)no1)S(=O)(=O)c1ccc(F)cc1. The van der Waals surface area contributed by atoms with Gasteiger partial charge in [-0.3, -0.25) is 9.78 Å². The lowest BCUT2D eigenvalue weighted by atomic mass is 10.3. The quantitative estimate of drug-likeness (QED) is 0.472. The Hall–Kier alpha value is -3.18. The van der Waals surface area contributed by atoms with Gasteiger partial charge in [0.25, 0.3) is 5.89 Å². The zero-order chi connectivity index (χ0) is 21.6. The lowest BCUT2D eigenvalue weighted by molar-refractivity contribution is -0.145. The van der Waals surface area contributed by atoms with Gasteiger partial charge in [-0.2, -0.15) is 4.98 Å². The highest BCUT2D eigenvalue weighted by molar-refractivity contribution is 7.89. The van der Waals surface area contributed by atoms with Crippen LogP contribution >= 0.6 is 0 Å². The van der Waals surface area contributed by atoms with E-state index in [4.69, 9.17) is 9.26 Å². The minimum absolute atomic E-state index is 0.00682. The number of ether oxygens (including phenoxy) is 1. The molecule has 158 valence electrons. The summed E-state index contributed by atoms with van der Waals surface area (Å²) in [7, 11) is -2.37. The Bertz CT molecular complexity index is 1090. The molecule has 0 atom stereocenters. The molecule has 0 fully saturated rings. The topological polar surface area (TPSA) is 115 Å². The van der Waals surface area contributed by atoms with Crippen molar-refractivity contribution in [3.8, 4) is 11.4 Å².